The molecule has 0 aromatic heterocycles. The predicted octanol–water partition coefficient (Wildman–Crippen LogP) is 2.60. The van der Waals surface area contributed by atoms with Crippen LogP contribution in [0, 0.1) is 25.7 Å². The fraction of sp³-hybridized carbons (Fsp3) is 0.429. The zero-order valence-electron chi connectivity index (χ0n) is 11.2. The predicted molar refractivity (Wildman–Crippen MR) is 70.5 cm³/mol. The summed E-state index contributed by atoms with van der Waals surface area (Å²) in [5.41, 5.74) is 2.71. The number of hydrogen-bond acceptors (Lipinski definition) is 2. The molecule has 2 N–H and O–H groups in total. The number of carboxylic acid groups (broad SMARTS) is 1. The number of aliphatic carboxylic acids is 1. The van der Waals surface area contributed by atoms with E-state index in [-0.39, 0.29) is 5.91 Å². The lowest BCUT2D eigenvalue weighted by molar-refractivity contribution is -0.145. The van der Waals surface area contributed by atoms with Gasteiger partial charge < -0.3 is 10.4 Å². The zero-order chi connectivity index (χ0) is 13.9. The molecular weight excluding hydrogens is 230 g/mol. The minimum Gasteiger partial charge on any atom is -0.481 e. The van der Waals surface area contributed by atoms with Crippen molar-refractivity contribution in [3.63, 3.8) is 0 Å². The second kappa shape index (κ2) is 5.67. The van der Waals surface area contributed by atoms with Gasteiger partial charge in [0.15, 0.2) is 0 Å². The summed E-state index contributed by atoms with van der Waals surface area (Å²) in [6.07, 6.45) is 0. The van der Waals surface area contributed by atoms with Gasteiger partial charge in [-0.1, -0.05) is 32.0 Å². The Morgan fingerprint density at radius 2 is 1.61 bits per heavy atom. The second-order valence-corrected chi connectivity index (χ2v) is 4.67. The van der Waals surface area contributed by atoms with Crippen molar-refractivity contribution in [1.29, 1.82) is 0 Å². The molecule has 1 aromatic carbocycles. The van der Waals surface area contributed by atoms with Gasteiger partial charge in [0.1, 0.15) is 0 Å². The Morgan fingerprint density at radius 3 is 2.06 bits per heavy atom. The maximum Gasteiger partial charge on any atom is 0.307 e. The standard InChI is InChI=1S/C14H19NO3/c1-8-6-5-7-9(2)12(8)15-13(16)10(3)11(4)14(17)18/h5-7,10-11H,1-4H3,(H,15,16)(H,17,18). The van der Waals surface area contributed by atoms with Crippen molar-refractivity contribution < 1.29 is 14.7 Å². The largest absolute Gasteiger partial charge is 0.481 e. The highest BCUT2D eigenvalue weighted by Crippen LogP contribution is 2.21. The monoisotopic (exact) mass is 249 g/mol. The van der Waals surface area contributed by atoms with Crippen LogP contribution in [0.2, 0.25) is 0 Å². The molecule has 0 bridgehead atoms. The number of amides is 1. The van der Waals surface area contributed by atoms with E-state index in [0.29, 0.717) is 0 Å². The Balaban J connectivity index is 2.85. The fourth-order valence-corrected chi connectivity index (χ4v) is 1.69. The lowest BCUT2D eigenvalue weighted by Gasteiger charge is -2.18. The molecule has 0 aliphatic rings. The van der Waals surface area contributed by atoms with Gasteiger partial charge in [-0.05, 0) is 25.0 Å². The van der Waals surface area contributed by atoms with Crippen molar-refractivity contribution >= 4 is 17.6 Å². The maximum atomic E-state index is 12.0. The lowest BCUT2D eigenvalue weighted by Crippen LogP contribution is -2.30. The fourth-order valence-electron chi connectivity index (χ4n) is 1.69. The lowest BCUT2D eigenvalue weighted by atomic mass is 9.95. The average Bonchev–Trinajstić information content (AvgIpc) is 2.31. The van der Waals surface area contributed by atoms with Crippen LogP contribution >= 0.6 is 0 Å². The van der Waals surface area contributed by atoms with Gasteiger partial charge in [0.25, 0.3) is 0 Å². The SMILES string of the molecule is Cc1cccc(C)c1NC(=O)C(C)C(C)C(=O)O. The molecule has 0 spiro atoms. The molecule has 2 unspecified atom stereocenters. The van der Waals surface area contributed by atoms with Crippen LogP contribution in [0.5, 0.6) is 0 Å². The number of anilines is 1. The normalized spacial score (nSPS) is 13.8. The molecule has 4 nitrogen and oxygen atoms in total. The number of para-hydroxylation sites is 1. The van der Waals surface area contributed by atoms with E-state index < -0.39 is 17.8 Å². The van der Waals surface area contributed by atoms with Gasteiger partial charge in [0.05, 0.1) is 5.92 Å². The van der Waals surface area contributed by atoms with Gasteiger partial charge in [0, 0.05) is 11.6 Å². The Hall–Kier alpha value is -1.84. The Morgan fingerprint density at radius 1 is 1.11 bits per heavy atom. The van der Waals surface area contributed by atoms with Gasteiger partial charge in [-0.15, -0.1) is 0 Å². The molecule has 2 atom stereocenters. The Bertz CT molecular complexity index is 448. The number of carbonyl (C=O) groups excluding carboxylic acids is 1. The van der Waals surface area contributed by atoms with Crippen LogP contribution in [0.3, 0.4) is 0 Å². The van der Waals surface area contributed by atoms with Crippen LogP contribution in [0.25, 0.3) is 0 Å². The smallest absolute Gasteiger partial charge is 0.307 e. The van der Waals surface area contributed by atoms with Crippen LogP contribution in [0.15, 0.2) is 18.2 Å². The number of aryl methyl sites for hydroxylation is 2. The van der Waals surface area contributed by atoms with E-state index in [9.17, 15) is 9.59 Å². The first-order valence-corrected chi connectivity index (χ1v) is 5.94. The quantitative estimate of drug-likeness (QED) is 0.862. The summed E-state index contributed by atoms with van der Waals surface area (Å²) in [6, 6.07) is 5.74. The third-order valence-electron chi connectivity index (χ3n) is 3.28. The van der Waals surface area contributed by atoms with E-state index in [0.717, 1.165) is 16.8 Å². The summed E-state index contributed by atoms with van der Waals surface area (Å²) in [6.45, 7) is 6.99. The van der Waals surface area contributed by atoms with Crippen LogP contribution in [0.1, 0.15) is 25.0 Å². The van der Waals surface area contributed by atoms with E-state index in [1.165, 1.54) is 6.92 Å². The maximum absolute atomic E-state index is 12.0. The Labute approximate surface area is 107 Å². The third kappa shape index (κ3) is 3.09. The van der Waals surface area contributed by atoms with Gasteiger partial charge in [-0.3, -0.25) is 9.59 Å². The van der Waals surface area contributed by atoms with Crippen molar-refractivity contribution in [2.24, 2.45) is 11.8 Å². The zero-order valence-corrected chi connectivity index (χ0v) is 11.2. The molecule has 0 heterocycles. The summed E-state index contributed by atoms with van der Waals surface area (Å²) >= 11 is 0. The van der Waals surface area contributed by atoms with Crippen molar-refractivity contribution in [2.75, 3.05) is 5.32 Å². The van der Waals surface area contributed by atoms with E-state index in [2.05, 4.69) is 5.32 Å². The molecule has 0 radical (unpaired) electrons. The molecule has 0 aliphatic carbocycles. The molecular formula is C14H19NO3. The average molecular weight is 249 g/mol. The van der Waals surface area contributed by atoms with Gasteiger partial charge >= 0.3 is 5.97 Å². The second-order valence-electron chi connectivity index (χ2n) is 4.67. The van der Waals surface area contributed by atoms with Gasteiger partial charge in [0.2, 0.25) is 5.91 Å². The molecule has 0 saturated carbocycles. The highest BCUT2D eigenvalue weighted by Gasteiger charge is 2.26. The van der Waals surface area contributed by atoms with Crippen LogP contribution in [-0.2, 0) is 9.59 Å². The minimum atomic E-state index is -0.959. The number of nitrogens with one attached hydrogen (secondary N) is 1. The first-order valence-electron chi connectivity index (χ1n) is 5.94. The number of benzene rings is 1. The number of rotatable bonds is 4. The molecule has 0 fully saturated rings. The van der Waals surface area contributed by atoms with Crippen LogP contribution in [0.4, 0.5) is 5.69 Å². The minimum absolute atomic E-state index is 0.262. The van der Waals surface area contributed by atoms with E-state index in [1.807, 2.05) is 32.0 Å². The first-order chi connectivity index (χ1) is 8.34. The number of hydrogen-bond donors (Lipinski definition) is 2. The van der Waals surface area contributed by atoms with Crippen molar-refractivity contribution in [3.05, 3.63) is 29.3 Å². The summed E-state index contributed by atoms with van der Waals surface area (Å²) in [4.78, 5) is 22.8. The van der Waals surface area contributed by atoms with Crippen molar-refractivity contribution in [3.8, 4) is 0 Å². The molecule has 4 heteroatoms. The molecule has 1 aromatic rings. The highest BCUT2D eigenvalue weighted by atomic mass is 16.4. The van der Waals surface area contributed by atoms with Gasteiger partial charge in [-0.25, -0.2) is 0 Å². The molecule has 1 rings (SSSR count). The number of carbonyl (C=O) groups is 2. The molecule has 98 valence electrons. The number of carboxylic acids is 1. The summed E-state index contributed by atoms with van der Waals surface area (Å²) < 4.78 is 0. The van der Waals surface area contributed by atoms with E-state index in [4.69, 9.17) is 5.11 Å². The Kier molecular flexibility index (Phi) is 4.48. The van der Waals surface area contributed by atoms with E-state index in [1.54, 1.807) is 6.92 Å². The summed E-state index contributed by atoms with van der Waals surface area (Å²) in [5.74, 6) is -2.49. The molecule has 0 aliphatic heterocycles. The third-order valence-corrected chi connectivity index (χ3v) is 3.28. The molecule has 18 heavy (non-hydrogen) atoms. The topological polar surface area (TPSA) is 66.4 Å². The summed E-state index contributed by atoms with van der Waals surface area (Å²) in [7, 11) is 0. The van der Waals surface area contributed by atoms with Crippen molar-refractivity contribution in [1.82, 2.24) is 0 Å². The molecule has 1 amide bonds. The van der Waals surface area contributed by atoms with Crippen LogP contribution in [-0.4, -0.2) is 17.0 Å². The highest BCUT2D eigenvalue weighted by molar-refractivity contribution is 5.95. The first kappa shape index (κ1) is 14.2. The summed E-state index contributed by atoms with van der Waals surface area (Å²) in [5, 5.41) is 11.7. The van der Waals surface area contributed by atoms with Gasteiger partial charge in [-0.2, -0.15) is 0 Å². The molecule has 0 saturated heterocycles. The van der Waals surface area contributed by atoms with Crippen molar-refractivity contribution in [2.45, 2.75) is 27.7 Å². The van der Waals surface area contributed by atoms with Crippen LogP contribution < -0.4 is 5.32 Å². The van der Waals surface area contributed by atoms with E-state index >= 15 is 0 Å².